The Bertz CT molecular complexity index is 543. The Morgan fingerprint density at radius 3 is 2.58 bits per heavy atom. The summed E-state index contributed by atoms with van der Waals surface area (Å²) >= 11 is 3.56. The molecule has 2 rings (SSSR count). The highest BCUT2D eigenvalue weighted by molar-refractivity contribution is 9.10. The highest BCUT2D eigenvalue weighted by atomic mass is 79.9. The molecule has 0 aliphatic heterocycles. The SMILES string of the molecule is CCCNCc1nc(-c2cc(C)c(Br)c(C)c2)no1. The quantitative estimate of drug-likeness (QED) is 0.854. The molecule has 0 radical (unpaired) electrons. The first-order valence-corrected chi connectivity index (χ1v) is 7.21. The summed E-state index contributed by atoms with van der Waals surface area (Å²) in [6.45, 7) is 7.82. The molecule has 1 heterocycles. The first kappa shape index (κ1) is 14.2. The van der Waals surface area contributed by atoms with E-state index >= 15 is 0 Å². The zero-order valence-corrected chi connectivity index (χ0v) is 13.0. The van der Waals surface area contributed by atoms with Gasteiger partial charge in [0.15, 0.2) is 0 Å². The molecule has 102 valence electrons. The van der Waals surface area contributed by atoms with Crippen molar-refractivity contribution < 1.29 is 4.52 Å². The molecule has 19 heavy (non-hydrogen) atoms. The van der Waals surface area contributed by atoms with Gasteiger partial charge in [-0.15, -0.1) is 0 Å². The topological polar surface area (TPSA) is 51.0 Å². The summed E-state index contributed by atoms with van der Waals surface area (Å²) in [6.07, 6.45) is 1.09. The molecule has 1 aromatic carbocycles. The molecule has 0 saturated heterocycles. The summed E-state index contributed by atoms with van der Waals surface area (Å²) < 4.78 is 6.37. The predicted molar refractivity (Wildman–Crippen MR) is 78.9 cm³/mol. The molecule has 0 bridgehead atoms. The lowest BCUT2D eigenvalue weighted by Gasteiger charge is -2.04. The van der Waals surface area contributed by atoms with Gasteiger partial charge in [-0.05, 0) is 50.1 Å². The van der Waals surface area contributed by atoms with E-state index < -0.39 is 0 Å². The van der Waals surface area contributed by atoms with E-state index in [1.807, 2.05) is 0 Å². The van der Waals surface area contributed by atoms with Crippen LogP contribution in [0.5, 0.6) is 0 Å². The van der Waals surface area contributed by atoms with Crippen molar-refractivity contribution in [2.45, 2.75) is 33.7 Å². The Hall–Kier alpha value is -1.20. The Morgan fingerprint density at radius 1 is 1.26 bits per heavy atom. The van der Waals surface area contributed by atoms with Gasteiger partial charge in [0.2, 0.25) is 11.7 Å². The van der Waals surface area contributed by atoms with Crippen LogP contribution < -0.4 is 5.32 Å². The molecular weight excluding hydrogens is 306 g/mol. The van der Waals surface area contributed by atoms with Crippen LogP contribution in [-0.4, -0.2) is 16.7 Å². The van der Waals surface area contributed by atoms with Gasteiger partial charge in [-0.25, -0.2) is 0 Å². The monoisotopic (exact) mass is 323 g/mol. The van der Waals surface area contributed by atoms with Gasteiger partial charge in [0.25, 0.3) is 0 Å². The third-order valence-corrected chi connectivity index (χ3v) is 4.12. The van der Waals surface area contributed by atoms with E-state index in [4.69, 9.17) is 4.52 Å². The van der Waals surface area contributed by atoms with Crippen LogP contribution in [0.2, 0.25) is 0 Å². The minimum absolute atomic E-state index is 0.620. The van der Waals surface area contributed by atoms with Crippen LogP contribution in [-0.2, 0) is 6.54 Å². The van der Waals surface area contributed by atoms with Crippen LogP contribution in [0.1, 0.15) is 30.4 Å². The minimum atomic E-state index is 0.620. The van der Waals surface area contributed by atoms with Gasteiger partial charge in [0, 0.05) is 10.0 Å². The third kappa shape index (κ3) is 3.42. The van der Waals surface area contributed by atoms with Crippen LogP contribution in [0.15, 0.2) is 21.1 Å². The number of nitrogens with zero attached hydrogens (tertiary/aromatic N) is 2. The first-order valence-electron chi connectivity index (χ1n) is 6.42. The number of aromatic nitrogens is 2. The highest BCUT2D eigenvalue weighted by Gasteiger charge is 2.10. The van der Waals surface area contributed by atoms with Crippen molar-refractivity contribution in [1.82, 2.24) is 15.5 Å². The van der Waals surface area contributed by atoms with E-state index in [0.717, 1.165) is 23.0 Å². The second kappa shape index (κ2) is 6.30. The van der Waals surface area contributed by atoms with Crippen molar-refractivity contribution in [3.63, 3.8) is 0 Å². The smallest absolute Gasteiger partial charge is 0.240 e. The first-order chi connectivity index (χ1) is 9.11. The zero-order valence-electron chi connectivity index (χ0n) is 11.5. The van der Waals surface area contributed by atoms with Crippen LogP contribution >= 0.6 is 15.9 Å². The average Bonchev–Trinajstić information content (AvgIpc) is 2.84. The number of halogens is 1. The molecule has 1 N–H and O–H groups in total. The van der Waals surface area contributed by atoms with Crippen molar-refractivity contribution in [1.29, 1.82) is 0 Å². The van der Waals surface area contributed by atoms with E-state index in [-0.39, 0.29) is 0 Å². The summed E-state index contributed by atoms with van der Waals surface area (Å²) in [5, 5.41) is 7.28. The van der Waals surface area contributed by atoms with E-state index in [1.54, 1.807) is 0 Å². The van der Waals surface area contributed by atoms with Crippen LogP contribution in [0.3, 0.4) is 0 Å². The van der Waals surface area contributed by atoms with Gasteiger partial charge in [0.1, 0.15) is 0 Å². The van der Waals surface area contributed by atoms with Crippen molar-refractivity contribution in [3.8, 4) is 11.4 Å². The van der Waals surface area contributed by atoms with Gasteiger partial charge in [-0.3, -0.25) is 0 Å². The molecule has 5 heteroatoms. The van der Waals surface area contributed by atoms with Crippen molar-refractivity contribution >= 4 is 15.9 Å². The summed E-state index contributed by atoms with van der Waals surface area (Å²) in [5.41, 5.74) is 3.33. The number of aryl methyl sites for hydroxylation is 2. The second-order valence-corrected chi connectivity index (χ2v) is 5.41. The molecular formula is C14H18BrN3O. The largest absolute Gasteiger partial charge is 0.338 e. The van der Waals surface area contributed by atoms with Gasteiger partial charge in [0.05, 0.1) is 6.54 Å². The maximum atomic E-state index is 5.24. The predicted octanol–water partition coefficient (Wildman–Crippen LogP) is 3.62. The molecule has 4 nitrogen and oxygen atoms in total. The fourth-order valence-corrected chi connectivity index (χ4v) is 2.12. The normalized spacial score (nSPS) is 10.9. The fraction of sp³-hybridized carbons (Fsp3) is 0.429. The van der Waals surface area contributed by atoms with Crippen molar-refractivity contribution in [2.24, 2.45) is 0 Å². The van der Waals surface area contributed by atoms with Gasteiger partial charge in [-0.1, -0.05) is 28.0 Å². The van der Waals surface area contributed by atoms with Gasteiger partial charge >= 0.3 is 0 Å². The molecule has 0 saturated carbocycles. The zero-order chi connectivity index (χ0) is 13.8. The lowest BCUT2D eigenvalue weighted by Crippen LogP contribution is -2.13. The van der Waals surface area contributed by atoms with Gasteiger partial charge < -0.3 is 9.84 Å². The molecule has 2 aromatic rings. The van der Waals surface area contributed by atoms with Gasteiger partial charge in [-0.2, -0.15) is 4.98 Å². The molecule has 0 spiro atoms. The summed E-state index contributed by atoms with van der Waals surface area (Å²) in [7, 11) is 0. The minimum Gasteiger partial charge on any atom is -0.338 e. The number of rotatable bonds is 5. The standard InChI is InChI=1S/C14H18BrN3O/c1-4-5-16-8-12-17-14(18-19-12)11-6-9(2)13(15)10(3)7-11/h6-7,16H,4-5,8H2,1-3H3. The number of hydrogen-bond acceptors (Lipinski definition) is 4. The molecule has 1 aromatic heterocycles. The molecule has 0 fully saturated rings. The average molecular weight is 324 g/mol. The highest BCUT2D eigenvalue weighted by Crippen LogP contribution is 2.27. The lowest BCUT2D eigenvalue weighted by molar-refractivity contribution is 0.368. The Kier molecular flexibility index (Phi) is 4.71. The summed E-state index contributed by atoms with van der Waals surface area (Å²) in [6, 6.07) is 4.12. The Labute approximate surface area is 121 Å². The number of hydrogen-bond donors (Lipinski definition) is 1. The molecule has 0 aliphatic carbocycles. The number of nitrogens with one attached hydrogen (secondary N) is 1. The maximum absolute atomic E-state index is 5.24. The van der Waals surface area contributed by atoms with Crippen LogP contribution in [0.25, 0.3) is 11.4 Å². The van der Waals surface area contributed by atoms with Crippen LogP contribution in [0, 0.1) is 13.8 Å². The van der Waals surface area contributed by atoms with E-state index in [1.165, 1.54) is 11.1 Å². The maximum Gasteiger partial charge on any atom is 0.240 e. The fourth-order valence-electron chi connectivity index (χ4n) is 1.89. The van der Waals surface area contributed by atoms with Crippen molar-refractivity contribution in [3.05, 3.63) is 33.6 Å². The second-order valence-electron chi connectivity index (χ2n) is 4.61. The number of benzene rings is 1. The summed E-state index contributed by atoms with van der Waals surface area (Å²) in [5.74, 6) is 1.27. The molecule has 0 unspecified atom stereocenters. The molecule has 0 aliphatic rings. The van der Waals surface area contributed by atoms with Crippen molar-refractivity contribution in [2.75, 3.05) is 6.54 Å². The lowest BCUT2D eigenvalue weighted by atomic mass is 10.1. The molecule has 0 amide bonds. The van der Waals surface area contributed by atoms with E-state index in [2.05, 4.69) is 64.3 Å². The Morgan fingerprint density at radius 2 is 1.95 bits per heavy atom. The summed E-state index contributed by atoms with van der Waals surface area (Å²) in [4.78, 5) is 4.41. The van der Waals surface area contributed by atoms with Crippen LogP contribution in [0.4, 0.5) is 0 Å². The van der Waals surface area contributed by atoms with E-state index in [0.29, 0.717) is 18.3 Å². The molecule has 0 atom stereocenters. The Balaban J connectivity index is 2.18. The van der Waals surface area contributed by atoms with E-state index in [9.17, 15) is 0 Å². The third-order valence-electron chi connectivity index (χ3n) is 2.87.